The van der Waals surface area contributed by atoms with E-state index in [0.717, 1.165) is 52.1 Å². The van der Waals surface area contributed by atoms with Crippen molar-refractivity contribution in [2.24, 2.45) is 10.8 Å². The molecule has 0 radical (unpaired) electrons. The summed E-state index contributed by atoms with van der Waals surface area (Å²) in [6.45, 7) is 14.7. The van der Waals surface area contributed by atoms with E-state index in [4.69, 9.17) is 9.47 Å². The number of hydrogen-bond acceptors (Lipinski definition) is 6. The summed E-state index contributed by atoms with van der Waals surface area (Å²) in [5.41, 5.74) is 6.93. The molecule has 0 saturated carbocycles. The van der Waals surface area contributed by atoms with Gasteiger partial charge in [0.1, 0.15) is 0 Å². The molecule has 2 aromatic carbocycles. The van der Waals surface area contributed by atoms with Crippen LogP contribution in [0.3, 0.4) is 0 Å². The van der Waals surface area contributed by atoms with Crippen LogP contribution >= 0.6 is 0 Å². The van der Waals surface area contributed by atoms with E-state index in [9.17, 15) is 14.4 Å². The third kappa shape index (κ3) is 6.13. The minimum Gasteiger partial charge on any atom is -0.490 e. The molecule has 1 heterocycles. The molecule has 228 valence electrons. The summed E-state index contributed by atoms with van der Waals surface area (Å²) in [5, 5.41) is 2.89. The molecule has 0 unspecified atom stereocenters. The van der Waals surface area contributed by atoms with Crippen molar-refractivity contribution in [3.63, 3.8) is 0 Å². The Hall–Kier alpha value is -3.87. The van der Waals surface area contributed by atoms with Gasteiger partial charge in [0.15, 0.2) is 29.7 Å². The fourth-order valence-corrected chi connectivity index (χ4v) is 6.75. The molecule has 0 spiro atoms. The molecule has 1 N–H and O–H groups in total. The fourth-order valence-electron chi connectivity index (χ4n) is 6.75. The Morgan fingerprint density at radius 2 is 1.44 bits per heavy atom. The summed E-state index contributed by atoms with van der Waals surface area (Å²) in [4.78, 5) is 42.5. The van der Waals surface area contributed by atoms with Crippen LogP contribution in [0, 0.1) is 24.7 Å². The third-order valence-corrected chi connectivity index (χ3v) is 8.93. The van der Waals surface area contributed by atoms with Gasteiger partial charge in [0.25, 0.3) is 5.91 Å². The number of anilines is 1. The largest absolute Gasteiger partial charge is 0.490 e. The predicted molar refractivity (Wildman–Crippen MR) is 168 cm³/mol. The van der Waals surface area contributed by atoms with Crippen molar-refractivity contribution in [3.05, 3.63) is 75.6 Å². The van der Waals surface area contributed by atoms with Gasteiger partial charge in [0.2, 0.25) is 0 Å². The van der Waals surface area contributed by atoms with Gasteiger partial charge in [-0.05, 0) is 85.4 Å². The number of carbonyl (C=O) groups is 3. The second kappa shape index (κ2) is 11.3. The lowest BCUT2D eigenvalue weighted by molar-refractivity contribution is -0.120. The maximum absolute atomic E-state index is 13.8. The van der Waals surface area contributed by atoms with Gasteiger partial charge in [-0.15, -0.1) is 0 Å². The van der Waals surface area contributed by atoms with Crippen molar-refractivity contribution in [2.75, 3.05) is 25.6 Å². The van der Waals surface area contributed by atoms with E-state index < -0.39 is 5.92 Å². The zero-order valence-corrected chi connectivity index (χ0v) is 26.8. The van der Waals surface area contributed by atoms with Crippen LogP contribution in [0.15, 0.2) is 58.9 Å². The summed E-state index contributed by atoms with van der Waals surface area (Å²) >= 11 is 0. The lowest BCUT2D eigenvalue weighted by Crippen LogP contribution is -2.43. The zero-order valence-electron chi connectivity index (χ0n) is 26.8. The Bertz CT molecular complexity index is 1510. The van der Waals surface area contributed by atoms with Crippen molar-refractivity contribution in [1.29, 1.82) is 0 Å². The van der Waals surface area contributed by atoms with E-state index in [2.05, 4.69) is 37.9 Å². The molecule has 1 amide bonds. The quantitative estimate of drug-likeness (QED) is 0.376. The van der Waals surface area contributed by atoms with E-state index >= 15 is 0 Å². The van der Waals surface area contributed by atoms with Crippen LogP contribution in [0.5, 0.6) is 11.5 Å². The number of benzene rings is 2. The van der Waals surface area contributed by atoms with Crippen LogP contribution in [-0.2, 0) is 14.4 Å². The highest BCUT2D eigenvalue weighted by atomic mass is 16.5. The summed E-state index contributed by atoms with van der Waals surface area (Å²) in [6, 6.07) is 11.4. The van der Waals surface area contributed by atoms with Crippen LogP contribution < -0.4 is 14.8 Å². The highest BCUT2D eigenvalue weighted by molar-refractivity contribution is 6.06. The number of nitrogens with zero attached hydrogens (tertiary/aromatic N) is 1. The number of carbonyl (C=O) groups excluding carboxylic acids is 3. The van der Waals surface area contributed by atoms with Crippen molar-refractivity contribution in [2.45, 2.75) is 80.1 Å². The third-order valence-electron chi connectivity index (χ3n) is 8.93. The van der Waals surface area contributed by atoms with Crippen LogP contribution in [0.4, 0.5) is 5.69 Å². The average molecular weight is 585 g/mol. The number of hydrogen-bond donors (Lipinski definition) is 1. The molecule has 2 aromatic rings. The second-order valence-corrected chi connectivity index (χ2v) is 13.9. The van der Waals surface area contributed by atoms with Gasteiger partial charge in [-0.2, -0.15) is 0 Å². The van der Waals surface area contributed by atoms with Gasteiger partial charge >= 0.3 is 0 Å². The number of ketones is 2. The first-order valence-corrected chi connectivity index (χ1v) is 15.2. The zero-order chi connectivity index (χ0) is 31.3. The highest BCUT2D eigenvalue weighted by Gasteiger charge is 2.48. The van der Waals surface area contributed by atoms with Gasteiger partial charge in [0.05, 0.1) is 6.61 Å². The minimum atomic E-state index is -0.463. The van der Waals surface area contributed by atoms with Gasteiger partial charge in [0, 0.05) is 54.0 Å². The van der Waals surface area contributed by atoms with E-state index in [1.807, 2.05) is 58.2 Å². The smallest absolute Gasteiger partial charge is 0.262 e. The Morgan fingerprint density at radius 1 is 0.837 bits per heavy atom. The predicted octanol–water partition coefficient (Wildman–Crippen LogP) is 7.04. The Labute approximate surface area is 255 Å². The lowest BCUT2D eigenvalue weighted by atomic mass is 9.64. The molecule has 5 rings (SSSR count). The Morgan fingerprint density at radius 3 is 2.00 bits per heavy atom. The second-order valence-electron chi connectivity index (χ2n) is 13.9. The molecule has 0 fully saturated rings. The number of rotatable bonds is 7. The maximum atomic E-state index is 13.8. The summed E-state index contributed by atoms with van der Waals surface area (Å²) in [5.74, 6) is 0.358. The van der Waals surface area contributed by atoms with E-state index in [1.54, 1.807) is 6.07 Å². The van der Waals surface area contributed by atoms with E-state index in [0.29, 0.717) is 36.6 Å². The molecule has 43 heavy (non-hydrogen) atoms. The van der Waals surface area contributed by atoms with Crippen molar-refractivity contribution >= 4 is 23.2 Å². The minimum absolute atomic E-state index is 0.0913. The van der Waals surface area contributed by atoms with Gasteiger partial charge in [-0.3, -0.25) is 14.4 Å². The number of Topliss-reactive ketones (excluding diaryl/α,β-unsaturated/α-hetero) is 2. The molecule has 0 aromatic heterocycles. The number of ether oxygens (including phenoxy) is 2. The standard InChI is InChI=1S/C36H44N2O5/c1-9-42-30-15-23(11-13-29(30)43-20-31(41)37-24-12-10-21(2)22(3)14-24)32-33-25(16-35(4,5)18-27(33)39)38(8)26-17-36(6,7)19-28(40)34(26)32/h10-15,32H,9,16-20H2,1-8H3,(H,37,41). The Kier molecular flexibility index (Phi) is 8.05. The molecule has 1 aliphatic heterocycles. The van der Waals surface area contributed by atoms with Gasteiger partial charge in [-0.1, -0.05) is 39.8 Å². The lowest BCUT2D eigenvalue weighted by Gasteiger charge is -2.47. The summed E-state index contributed by atoms with van der Waals surface area (Å²) in [7, 11) is 2.01. The molecule has 0 saturated heterocycles. The van der Waals surface area contributed by atoms with E-state index in [1.165, 1.54) is 0 Å². The fraction of sp³-hybridized carbons (Fsp3) is 0.472. The topological polar surface area (TPSA) is 84.9 Å². The van der Waals surface area contributed by atoms with Crippen LogP contribution in [0.1, 0.15) is 82.9 Å². The average Bonchev–Trinajstić information content (AvgIpc) is 2.90. The van der Waals surface area contributed by atoms with Crippen molar-refractivity contribution in [1.82, 2.24) is 4.90 Å². The number of amides is 1. The molecule has 0 bridgehead atoms. The molecular formula is C36H44N2O5. The van der Waals surface area contributed by atoms with Crippen LogP contribution in [0.25, 0.3) is 0 Å². The molecule has 3 aliphatic rings. The van der Waals surface area contributed by atoms with Crippen molar-refractivity contribution < 1.29 is 23.9 Å². The summed E-state index contributed by atoms with van der Waals surface area (Å²) < 4.78 is 11.9. The molecule has 0 atom stereocenters. The molecule has 7 nitrogen and oxygen atoms in total. The first-order chi connectivity index (χ1) is 20.2. The maximum Gasteiger partial charge on any atom is 0.262 e. The van der Waals surface area contributed by atoms with Gasteiger partial charge < -0.3 is 19.7 Å². The first-order valence-electron chi connectivity index (χ1n) is 15.2. The summed E-state index contributed by atoms with van der Waals surface area (Å²) in [6.07, 6.45) is 2.41. The number of aryl methyl sites for hydroxylation is 2. The first kappa shape index (κ1) is 30.6. The molecule has 2 aliphatic carbocycles. The molecule has 7 heteroatoms. The molecular weight excluding hydrogens is 540 g/mol. The monoisotopic (exact) mass is 584 g/mol. The van der Waals surface area contributed by atoms with Crippen LogP contribution in [0.2, 0.25) is 0 Å². The number of nitrogens with one attached hydrogen (secondary N) is 1. The normalized spacial score (nSPS) is 19.7. The number of allylic oxidation sites excluding steroid dienone is 4. The SMILES string of the molecule is CCOc1cc(C2C3=C(CC(C)(C)CC3=O)N(C)C3=C2C(=O)CC(C)(C)C3)ccc1OCC(=O)Nc1ccc(C)c(C)c1. The van der Waals surface area contributed by atoms with E-state index in [-0.39, 0.29) is 34.9 Å². The van der Waals surface area contributed by atoms with Gasteiger partial charge in [-0.25, -0.2) is 0 Å². The Balaban J connectivity index is 1.49. The van der Waals surface area contributed by atoms with Crippen molar-refractivity contribution in [3.8, 4) is 11.5 Å². The highest BCUT2D eigenvalue weighted by Crippen LogP contribution is 2.54. The van der Waals surface area contributed by atoms with Crippen LogP contribution in [-0.4, -0.2) is 42.6 Å².